The van der Waals surface area contributed by atoms with E-state index in [1.807, 2.05) is 30.3 Å². The van der Waals surface area contributed by atoms with Gasteiger partial charge in [-0.3, -0.25) is 0 Å². The van der Waals surface area contributed by atoms with Crippen LogP contribution in [0.25, 0.3) is 22.2 Å². The summed E-state index contributed by atoms with van der Waals surface area (Å²) in [7, 11) is -7.06. The lowest BCUT2D eigenvalue weighted by atomic mass is 10.1. The summed E-state index contributed by atoms with van der Waals surface area (Å²) in [6.45, 7) is 0. The van der Waals surface area contributed by atoms with Crippen LogP contribution in [0.15, 0.2) is 76.5 Å². The fraction of sp³-hybridized carbons (Fsp3) is 0.174. The molecule has 0 saturated heterocycles. The first kappa shape index (κ1) is 20.9. The number of aromatic nitrogens is 2. The van der Waals surface area contributed by atoms with Gasteiger partial charge in [-0.25, -0.2) is 27.0 Å². The molecule has 0 amide bonds. The number of hydrogen-bond acceptors (Lipinski definition) is 5. The smallest absolute Gasteiger partial charge is 0.238 e. The molecule has 1 saturated carbocycles. The number of sulfone groups is 1. The summed E-state index contributed by atoms with van der Waals surface area (Å²) >= 11 is 0. The molecule has 1 aromatic heterocycles. The minimum absolute atomic E-state index is 0.0786. The van der Waals surface area contributed by atoms with Crippen LogP contribution < -0.4 is 5.14 Å². The largest absolute Gasteiger partial charge is 0.342 e. The van der Waals surface area contributed by atoms with Crippen molar-refractivity contribution < 1.29 is 16.8 Å². The van der Waals surface area contributed by atoms with Gasteiger partial charge < -0.3 is 4.98 Å². The average Bonchev–Trinajstić information content (AvgIpc) is 3.44. The Balaban J connectivity index is 1.44. The fourth-order valence-electron chi connectivity index (χ4n) is 4.15. The van der Waals surface area contributed by atoms with Gasteiger partial charge in [-0.2, -0.15) is 0 Å². The van der Waals surface area contributed by atoms with Gasteiger partial charge in [0.1, 0.15) is 5.82 Å². The lowest BCUT2D eigenvalue weighted by Gasteiger charge is -2.07. The minimum atomic E-state index is -3.85. The van der Waals surface area contributed by atoms with E-state index >= 15 is 0 Å². The SMILES string of the molecule is CS(=O)(=O)c1ccc(C2CC2c2nc3cc(-c4ccccc4S(N)(=O)=O)ccc3[nH]2)cc1. The van der Waals surface area contributed by atoms with Crippen molar-refractivity contribution in [3.8, 4) is 11.1 Å². The Bertz CT molecular complexity index is 1560. The lowest BCUT2D eigenvalue weighted by molar-refractivity contribution is 0.597. The van der Waals surface area contributed by atoms with E-state index in [9.17, 15) is 16.8 Å². The molecule has 0 aliphatic heterocycles. The monoisotopic (exact) mass is 467 g/mol. The van der Waals surface area contributed by atoms with Crippen molar-refractivity contribution in [1.29, 1.82) is 0 Å². The number of sulfonamides is 1. The molecule has 1 aliphatic rings. The fourth-order valence-corrected chi connectivity index (χ4v) is 5.54. The summed E-state index contributed by atoms with van der Waals surface area (Å²) < 4.78 is 47.3. The van der Waals surface area contributed by atoms with Crippen LogP contribution in [0, 0.1) is 0 Å². The van der Waals surface area contributed by atoms with Crippen molar-refractivity contribution in [1.82, 2.24) is 9.97 Å². The van der Waals surface area contributed by atoms with Crippen LogP contribution in [0.1, 0.15) is 29.6 Å². The van der Waals surface area contributed by atoms with Gasteiger partial charge in [0.15, 0.2) is 9.84 Å². The van der Waals surface area contributed by atoms with Gasteiger partial charge in [-0.15, -0.1) is 0 Å². The van der Waals surface area contributed by atoms with E-state index in [4.69, 9.17) is 10.1 Å². The molecule has 2 atom stereocenters. The third-order valence-electron chi connectivity index (χ3n) is 5.88. The van der Waals surface area contributed by atoms with Crippen LogP contribution in [-0.4, -0.2) is 33.1 Å². The molecular weight excluding hydrogens is 446 g/mol. The van der Waals surface area contributed by atoms with E-state index < -0.39 is 19.9 Å². The van der Waals surface area contributed by atoms with E-state index in [0.29, 0.717) is 10.5 Å². The lowest BCUT2D eigenvalue weighted by Crippen LogP contribution is -2.13. The van der Waals surface area contributed by atoms with Crippen LogP contribution in [-0.2, 0) is 19.9 Å². The van der Waals surface area contributed by atoms with Gasteiger partial charge in [-0.1, -0.05) is 36.4 Å². The van der Waals surface area contributed by atoms with Gasteiger partial charge in [0.2, 0.25) is 10.0 Å². The number of hydrogen-bond donors (Lipinski definition) is 2. The molecule has 0 spiro atoms. The molecule has 3 aromatic carbocycles. The second-order valence-corrected chi connectivity index (χ2v) is 11.7. The Hall–Kier alpha value is -3.01. The van der Waals surface area contributed by atoms with Crippen LogP contribution >= 0.6 is 0 Å². The molecule has 3 N–H and O–H groups in total. The van der Waals surface area contributed by atoms with Gasteiger partial charge in [-0.05, 0) is 53.8 Å². The Kier molecular flexibility index (Phi) is 4.74. The molecule has 1 aliphatic carbocycles. The maximum atomic E-state index is 12.0. The second-order valence-electron chi connectivity index (χ2n) is 8.19. The Morgan fingerprint density at radius 2 is 1.66 bits per heavy atom. The quantitative estimate of drug-likeness (QED) is 0.465. The zero-order valence-corrected chi connectivity index (χ0v) is 18.8. The molecule has 0 bridgehead atoms. The number of rotatable bonds is 5. The number of imidazole rings is 1. The maximum Gasteiger partial charge on any atom is 0.238 e. The Morgan fingerprint density at radius 1 is 0.938 bits per heavy atom. The van der Waals surface area contributed by atoms with Crippen molar-refractivity contribution in [3.05, 3.63) is 78.1 Å². The Labute approximate surface area is 186 Å². The third-order valence-corrected chi connectivity index (χ3v) is 7.98. The molecule has 1 heterocycles. The second kappa shape index (κ2) is 7.26. The molecular formula is C23H21N3O4S2. The van der Waals surface area contributed by atoms with Crippen molar-refractivity contribution >= 4 is 30.9 Å². The van der Waals surface area contributed by atoms with E-state index in [2.05, 4.69) is 4.98 Å². The predicted octanol–water partition coefficient (Wildman–Crippen LogP) is 3.55. The number of fused-ring (bicyclic) bond motifs is 1. The van der Waals surface area contributed by atoms with Crippen LogP contribution in [0.3, 0.4) is 0 Å². The molecule has 7 nitrogen and oxygen atoms in total. The number of aromatic amines is 1. The highest BCUT2D eigenvalue weighted by Gasteiger charge is 2.41. The maximum absolute atomic E-state index is 12.0. The summed E-state index contributed by atoms with van der Waals surface area (Å²) in [6, 6.07) is 19.3. The number of nitrogens with one attached hydrogen (secondary N) is 1. The van der Waals surface area contributed by atoms with Crippen molar-refractivity contribution in [2.45, 2.75) is 28.0 Å². The molecule has 164 valence electrons. The highest BCUT2D eigenvalue weighted by atomic mass is 32.2. The first-order valence-electron chi connectivity index (χ1n) is 10.0. The molecule has 4 aromatic rings. The molecule has 5 rings (SSSR count). The topological polar surface area (TPSA) is 123 Å². The summed E-state index contributed by atoms with van der Waals surface area (Å²) in [5.41, 5.74) is 3.97. The van der Waals surface area contributed by atoms with Gasteiger partial charge in [0.05, 0.1) is 20.8 Å². The zero-order chi connectivity index (χ0) is 22.7. The number of H-pyrrole nitrogens is 1. The number of nitrogens with two attached hydrogens (primary N) is 1. The van der Waals surface area contributed by atoms with Crippen molar-refractivity contribution in [2.75, 3.05) is 6.26 Å². The standard InChI is InChI=1S/C23H21N3O4S2/c1-31(27,28)16-9-6-14(7-10-16)18-13-19(18)23-25-20-11-8-15(12-21(20)26-23)17-4-2-3-5-22(17)32(24,29)30/h2-12,18-19H,13H2,1H3,(H,25,26)(H2,24,29,30). The summed E-state index contributed by atoms with van der Waals surface area (Å²) in [6.07, 6.45) is 2.13. The highest BCUT2D eigenvalue weighted by molar-refractivity contribution is 7.90. The Morgan fingerprint density at radius 3 is 2.34 bits per heavy atom. The van der Waals surface area contributed by atoms with E-state index in [1.165, 1.54) is 12.3 Å². The van der Waals surface area contributed by atoms with Crippen LogP contribution in [0.2, 0.25) is 0 Å². The van der Waals surface area contributed by atoms with Gasteiger partial charge in [0, 0.05) is 17.7 Å². The number of primary sulfonamides is 1. The molecule has 2 unspecified atom stereocenters. The first-order chi connectivity index (χ1) is 15.1. The first-order valence-corrected chi connectivity index (χ1v) is 13.5. The minimum Gasteiger partial charge on any atom is -0.342 e. The third kappa shape index (κ3) is 3.83. The summed E-state index contributed by atoms with van der Waals surface area (Å²) in [4.78, 5) is 8.51. The average molecular weight is 468 g/mol. The van der Waals surface area contributed by atoms with Gasteiger partial charge >= 0.3 is 0 Å². The van der Waals surface area contributed by atoms with Gasteiger partial charge in [0.25, 0.3) is 0 Å². The van der Waals surface area contributed by atoms with Crippen LogP contribution in [0.4, 0.5) is 0 Å². The zero-order valence-electron chi connectivity index (χ0n) is 17.2. The molecule has 1 fully saturated rings. The van der Waals surface area contributed by atoms with Crippen molar-refractivity contribution in [3.63, 3.8) is 0 Å². The normalized spacial score (nSPS) is 18.7. The van der Waals surface area contributed by atoms with E-state index in [0.717, 1.165) is 34.4 Å². The van der Waals surface area contributed by atoms with E-state index in [-0.39, 0.29) is 16.7 Å². The summed E-state index contributed by atoms with van der Waals surface area (Å²) in [5.74, 6) is 1.38. The highest BCUT2D eigenvalue weighted by Crippen LogP contribution is 2.54. The molecule has 32 heavy (non-hydrogen) atoms. The van der Waals surface area contributed by atoms with Crippen LogP contribution in [0.5, 0.6) is 0 Å². The van der Waals surface area contributed by atoms with Crippen molar-refractivity contribution in [2.24, 2.45) is 5.14 Å². The predicted molar refractivity (Wildman–Crippen MR) is 123 cm³/mol. The molecule has 9 heteroatoms. The number of benzene rings is 3. The summed E-state index contributed by atoms with van der Waals surface area (Å²) in [5, 5.41) is 5.38. The molecule has 0 radical (unpaired) electrons. The van der Waals surface area contributed by atoms with E-state index in [1.54, 1.807) is 30.3 Å². The number of nitrogens with zero attached hydrogens (tertiary/aromatic N) is 1.